The molecule has 1 aromatic heterocycles. The summed E-state index contributed by atoms with van der Waals surface area (Å²) >= 11 is 0. The molecule has 2 aromatic carbocycles. The van der Waals surface area contributed by atoms with E-state index in [1.165, 1.54) is 11.3 Å². The van der Waals surface area contributed by atoms with Crippen LogP contribution in [0.25, 0.3) is 11.0 Å². The van der Waals surface area contributed by atoms with E-state index in [1.54, 1.807) is 0 Å². The Balaban J connectivity index is 1.86. The normalized spacial score (nSPS) is 20.7. The van der Waals surface area contributed by atoms with E-state index >= 15 is 0 Å². The molecule has 0 unspecified atom stereocenters. The van der Waals surface area contributed by atoms with Gasteiger partial charge in [-0.05, 0) is 24.6 Å². The third kappa shape index (κ3) is 2.37. The summed E-state index contributed by atoms with van der Waals surface area (Å²) in [4.78, 5) is 4.10. The highest BCUT2D eigenvalue weighted by Gasteiger charge is 2.34. The fourth-order valence-corrected chi connectivity index (χ4v) is 3.62. The van der Waals surface area contributed by atoms with Gasteiger partial charge < -0.3 is 10.0 Å². The smallest absolute Gasteiger partial charge is 0.113 e. The van der Waals surface area contributed by atoms with Crippen LogP contribution in [0.4, 0.5) is 5.69 Å². The number of hydrogen-bond donors (Lipinski definition) is 1. The highest BCUT2D eigenvalue weighted by molar-refractivity contribution is 5.73. The van der Waals surface area contributed by atoms with Crippen LogP contribution in [0.5, 0.6) is 0 Å². The first-order valence-corrected chi connectivity index (χ1v) is 8.00. The average molecular weight is 308 g/mol. The molecule has 0 saturated carbocycles. The maximum atomic E-state index is 9.49. The van der Waals surface area contributed by atoms with Gasteiger partial charge in [0.05, 0.1) is 0 Å². The Morgan fingerprint density at radius 1 is 1.04 bits per heavy atom. The Kier molecular flexibility index (Phi) is 3.50. The molecule has 1 aliphatic rings. The molecular weight excluding hydrogens is 288 g/mol. The van der Waals surface area contributed by atoms with E-state index in [4.69, 9.17) is 10.2 Å². The highest BCUT2D eigenvalue weighted by atomic mass is 16.3. The summed E-state index contributed by atoms with van der Waals surface area (Å²) in [6, 6.07) is 16.4. The van der Waals surface area contributed by atoms with Crippen molar-refractivity contribution in [1.82, 2.24) is 15.0 Å². The van der Waals surface area contributed by atoms with Gasteiger partial charge in [-0.25, -0.2) is 0 Å². The molecule has 0 saturated heterocycles. The zero-order valence-electron chi connectivity index (χ0n) is 13.1. The molecule has 0 fully saturated rings. The fourth-order valence-electron chi connectivity index (χ4n) is 3.62. The van der Waals surface area contributed by atoms with Crippen molar-refractivity contribution in [2.75, 3.05) is 25.1 Å². The number of rotatable bonds is 3. The first kappa shape index (κ1) is 14.2. The van der Waals surface area contributed by atoms with Crippen molar-refractivity contribution in [1.29, 1.82) is 0 Å². The lowest BCUT2D eigenvalue weighted by molar-refractivity contribution is 0.219. The van der Waals surface area contributed by atoms with Gasteiger partial charge in [-0.3, -0.25) is 0 Å². The van der Waals surface area contributed by atoms with Crippen molar-refractivity contribution in [3.8, 4) is 0 Å². The summed E-state index contributed by atoms with van der Waals surface area (Å²) in [5.74, 6) is 0.279. The second kappa shape index (κ2) is 5.66. The Morgan fingerprint density at radius 3 is 2.39 bits per heavy atom. The molecule has 23 heavy (non-hydrogen) atoms. The maximum Gasteiger partial charge on any atom is 0.113 e. The van der Waals surface area contributed by atoms with Gasteiger partial charge in [0.1, 0.15) is 17.1 Å². The third-order valence-corrected chi connectivity index (χ3v) is 4.67. The molecule has 2 atom stereocenters. The summed E-state index contributed by atoms with van der Waals surface area (Å²) in [7, 11) is 2.10. The van der Waals surface area contributed by atoms with Crippen LogP contribution in [0.3, 0.4) is 0 Å². The lowest BCUT2D eigenvalue weighted by Gasteiger charge is -2.38. The standard InChI is InChI=1S/C18H20N4O/c1-21-12-13(10-11-23)18(14-6-2-5-9-17(14)21)22-19-15-7-3-4-8-16(15)20-22/h2-9,13,18,23H,10-12H2,1H3/t13-,18+/m1/s1. The highest BCUT2D eigenvalue weighted by Crippen LogP contribution is 2.39. The van der Waals surface area contributed by atoms with Crippen molar-refractivity contribution in [3.63, 3.8) is 0 Å². The van der Waals surface area contributed by atoms with E-state index in [-0.39, 0.29) is 18.6 Å². The molecule has 118 valence electrons. The quantitative estimate of drug-likeness (QED) is 0.807. The number of anilines is 1. The molecule has 5 heteroatoms. The number of aromatic nitrogens is 3. The third-order valence-electron chi connectivity index (χ3n) is 4.67. The Bertz CT molecular complexity index is 796. The van der Waals surface area contributed by atoms with Crippen LogP contribution in [0.1, 0.15) is 18.0 Å². The molecule has 4 rings (SSSR count). The van der Waals surface area contributed by atoms with Gasteiger partial charge in [0, 0.05) is 37.4 Å². The van der Waals surface area contributed by atoms with Crippen molar-refractivity contribution in [2.24, 2.45) is 5.92 Å². The van der Waals surface area contributed by atoms with Gasteiger partial charge in [-0.15, -0.1) is 0 Å². The van der Waals surface area contributed by atoms with Crippen molar-refractivity contribution >= 4 is 16.7 Å². The predicted octanol–water partition coefficient (Wildman–Crippen LogP) is 2.47. The molecule has 5 nitrogen and oxygen atoms in total. The van der Waals surface area contributed by atoms with Gasteiger partial charge in [0.15, 0.2) is 0 Å². The Hall–Kier alpha value is -2.40. The minimum atomic E-state index is 0.0574. The second-order valence-electron chi connectivity index (χ2n) is 6.17. The van der Waals surface area contributed by atoms with E-state index in [1.807, 2.05) is 29.1 Å². The van der Waals surface area contributed by atoms with Crippen LogP contribution in [-0.2, 0) is 0 Å². The zero-order valence-corrected chi connectivity index (χ0v) is 13.1. The summed E-state index contributed by atoms with van der Waals surface area (Å²) in [5.41, 5.74) is 4.26. The predicted molar refractivity (Wildman–Crippen MR) is 90.6 cm³/mol. The first-order chi connectivity index (χ1) is 11.3. The molecule has 0 aliphatic carbocycles. The summed E-state index contributed by atoms with van der Waals surface area (Å²) in [5, 5.41) is 18.9. The molecule has 0 radical (unpaired) electrons. The number of benzene rings is 2. The monoisotopic (exact) mass is 308 g/mol. The number of nitrogens with zero attached hydrogens (tertiary/aromatic N) is 4. The number of aliphatic hydroxyl groups excluding tert-OH is 1. The number of aliphatic hydroxyl groups is 1. The van der Waals surface area contributed by atoms with Crippen molar-refractivity contribution in [3.05, 3.63) is 54.1 Å². The summed E-state index contributed by atoms with van der Waals surface area (Å²) in [6.45, 7) is 1.07. The minimum absolute atomic E-state index is 0.0574. The SMILES string of the molecule is CN1C[C@@H](CCO)[C@H](n2nc3ccccc3n2)c2ccccc21. The lowest BCUT2D eigenvalue weighted by atomic mass is 9.85. The number of fused-ring (bicyclic) bond motifs is 2. The molecule has 3 aromatic rings. The molecule has 0 bridgehead atoms. The largest absolute Gasteiger partial charge is 0.396 e. The number of hydrogen-bond acceptors (Lipinski definition) is 4. The topological polar surface area (TPSA) is 54.2 Å². The van der Waals surface area contributed by atoms with Crippen LogP contribution < -0.4 is 4.90 Å². The van der Waals surface area contributed by atoms with Crippen LogP contribution >= 0.6 is 0 Å². The van der Waals surface area contributed by atoms with Crippen LogP contribution in [0, 0.1) is 5.92 Å². The molecule has 1 aliphatic heterocycles. The van der Waals surface area contributed by atoms with Crippen LogP contribution in [0.2, 0.25) is 0 Å². The molecule has 0 amide bonds. The van der Waals surface area contributed by atoms with Gasteiger partial charge in [0.25, 0.3) is 0 Å². The van der Waals surface area contributed by atoms with Crippen LogP contribution in [0.15, 0.2) is 48.5 Å². The Labute approximate surface area is 135 Å². The molecular formula is C18H20N4O. The second-order valence-corrected chi connectivity index (χ2v) is 6.17. The number of para-hydroxylation sites is 1. The minimum Gasteiger partial charge on any atom is -0.396 e. The van der Waals surface area contributed by atoms with Gasteiger partial charge in [-0.2, -0.15) is 15.0 Å². The maximum absolute atomic E-state index is 9.49. The lowest BCUT2D eigenvalue weighted by Crippen LogP contribution is -2.39. The van der Waals surface area contributed by atoms with Crippen molar-refractivity contribution < 1.29 is 5.11 Å². The van der Waals surface area contributed by atoms with Crippen molar-refractivity contribution in [2.45, 2.75) is 12.5 Å². The van der Waals surface area contributed by atoms with E-state index in [2.05, 4.69) is 36.2 Å². The molecule has 2 heterocycles. The Morgan fingerprint density at radius 2 is 1.70 bits per heavy atom. The zero-order chi connectivity index (χ0) is 15.8. The van der Waals surface area contributed by atoms with Gasteiger partial charge in [0.2, 0.25) is 0 Å². The van der Waals surface area contributed by atoms with Gasteiger partial charge >= 0.3 is 0 Å². The van der Waals surface area contributed by atoms with E-state index < -0.39 is 0 Å². The first-order valence-electron chi connectivity index (χ1n) is 8.00. The van der Waals surface area contributed by atoms with E-state index in [0.29, 0.717) is 0 Å². The van der Waals surface area contributed by atoms with E-state index in [0.717, 1.165) is 24.0 Å². The van der Waals surface area contributed by atoms with Crippen LogP contribution in [-0.4, -0.2) is 40.3 Å². The summed E-state index contributed by atoms with van der Waals surface area (Å²) < 4.78 is 0. The summed E-state index contributed by atoms with van der Waals surface area (Å²) in [6.07, 6.45) is 0.737. The van der Waals surface area contributed by atoms with E-state index in [9.17, 15) is 5.11 Å². The molecule has 1 N–H and O–H groups in total. The average Bonchev–Trinajstić information content (AvgIpc) is 2.99. The fraction of sp³-hybridized carbons (Fsp3) is 0.333. The molecule has 0 spiro atoms. The van der Waals surface area contributed by atoms with Gasteiger partial charge in [-0.1, -0.05) is 30.3 Å².